The van der Waals surface area contributed by atoms with Crippen molar-refractivity contribution in [3.05, 3.63) is 36.5 Å². The molecule has 0 bridgehead atoms. The summed E-state index contributed by atoms with van der Waals surface area (Å²) >= 11 is 0. The van der Waals surface area contributed by atoms with Crippen LogP contribution >= 0.6 is 0 Å². The smallest absolute Gasteiger partial charge is 0.287 e. The summed E-state index contributed by atoms with van der Waals surface area (Å²) in [5, 5.41) is 9.52. The van der Waals surface area contributed by atoms with Crippen LogP contribution in [-0.2, 0) is 16.1 Å². The Bertz CT molecular complexity index is 689. The van der Waals surface area contributed by atoms with Gasteiger partial charge in [-0.15, -0.1) is 0 Å². The molecule has 3 heterocycles. The number of amides is 2. The van der Waals surface area contributed by atoms with Gasteiger partial charge in [-0.3, -0.25) is 14.3 Å². The van der Waals surface area contributed by atoms with Crippen LogP contribution in [0.15, 0.2) is 35.2 Å². The third kappa shape index (κ3) is 4.02. The average molecular weight is 332 g/mol. The van der Waals surface area contributed by atoms with Crippen LogP contribution in [0.5, 0.6) is 0 Å². The number of carbonyl (C=O) groups excluding carboxylic acids is 2. The molecule has 0 spiro atoms. The van der Waals surface area contributed by atoms with E-state index in [0.29, 0.717) is 12.2 Å². The van der Waals surface area contributed by atoms with E-state index in [1.807, 2.05) is 0 Å². The number of nitrogens with one attached hydrogen (secondary N) is 2. The van der Waals surface area contributed by atoms with Gasteiger partial charge in [0, 0.05) is 12.8 Å². The third-order valence-corrected chi connectivity index (χ3v) is 3.80. The second-order valence-electron chi connectivity index (χ2n) is 5.75. The molecule has 0 radical (unpaired) electrons. The van der Waals surface area contributed by atoms with E-state index in [9.17, 15) is 9.59 Å². The van der Waals surface area contributed by atoms with Gasteiger partial charge in [-0.25, -0.2) is 0 Å². The Balaban J connectivity index is 1.50. The van der Waals surface area contributed by atoms with Crippen LogP contribution in [0.1, 0.15) is 30.3 Å². The highest BCUT2D eigenvalue weighted by molar-refractivity contribution is 5.99. The quantitative estimate of drug-likeness (QED) is 0.833. The van der Waals surface area contributed by atoms with Gasteiger partial charge in [0.05, 0.1) is 30.8 Å². The second-order valence-corrected chi connectivity index (χ2v) is 5.75. The maximum Gasteiger partial charge on any atom is 0.287 e. The molecule has 0 aromatic carbocycles. The fourth-order valence-corrected chi connectivity index (χ4v) is 2.52. The first kappa shape index (κ1) is 16.3. The molecule has 8 nitrogen and oxygen atoms in total. The molecule has 2 atom stereocenters. The summed E-state index contributed by atoms with van der Waals surface area (Å²) in [7, 11) is 0. The Labute approximate surface area is 139 Å². The largest absolute Gasteiger partial charge is 0.459 e. The van der Waals surface area contributed by atoms with E-state index < -0.39 is 11.9 Å². The lowest BCUT2D eigenvalue weighted by Crippen LogP contribution is -2.41. The molecule has 1 fully saturated rings. The van der Waals surface area contributed by atoms with Gasteiger partial charge in [0.25, 0.3) is 5.91 Å². The van der Waals surface area contributed by atoms with E-state index in [2.05, 4.69) is 15.7 Å². The summed E-state index contributed by atoms with van der Waals surface area (Å²) in [6.45, 7) is 3.07. The lowest BCUT2D eigenvalue weighted by Gasteiger charge is -2.12. The number of rotatable bonds is 6. The van der Waals surface area contributed by atoms with E-state index in [4.69, 9.17) is 9.15 Å². The topological polar surface area (TPSA) is 98.4 Å². The van der Waals surface area contributed by atoms with Crippen molar-refractivity contribution in [2.45, 2.75) is 38.5 Å². The molecule has 1 aliphatic heterocycles. The zero-order chi connectivity index (χ0) is 16.9. The Morgan fingerprint density at radius 1 is 1.50 bits per heavy atom. The van der Waals surface area contributed by atoms with Crippen LogP contribution in [0.3, 0.4) is 0 Å². The average Bonchev–Trinajstić information content (AvgIpc) is 3.30. The highest BCUT2D eigenvalue weighted by Gasteiger charge is 2.19. The predicted octanol–water partition coefficient (Wildman–Crippen LogP) is 1.41. The lowest BCUT2D eigenvalue weighted by molar-refractivity contribution is -0.117. The molecule has 1 saturated heterocycles. The van der Waals surface area contributed by atoms with Gasteiger partial charge >= 0.3 is 0 Å². The molecule has 128 valence electrons. The summed E-state index contributed by atoms with van der Waals surface area (Å²) in [6.07, 6.45) is 7.01. The number of ether oxygens (including phenoxy) is 1. The van der Waals surface area contributed by atoms with Gasteiger partial charge in [0.2, 0.25) is 5.91 Å². The van der Waals surface area contributed by atoms with E-state index in [1.165, 1.54) is 12.3 Å². The van der Waals surface area contributed by atoms with Gasteiger partial charge in [0.1, 0.15) is 6.04 Å². The van der Waals surface area contributed by atoms with Crippen molar-refractivity contribution in [2.24, 2.45) is 0 Å². The molecule has 0 aliphatic carbocycles. The first-order valence-electron chi connectivity index (χ1n) is 7.91. The molecule has 2 N–H and O–H groups in total. The van der Waals surface area contributed by atoms with Crippen LogP contribution < -0.4 is 10.6 Å². The zero-order valence-corrected chi connectivity index (χ0v) is 13.4. The van der Waals surface area contributed by atoms with Crippen molar-refractivity contribution in [3.8, 4) is 0 Å². The molecule has 3 rings (SSSR count). The van der Waals surface area contributed by atoms with Crippen LogP contribution in [0.4, 0.5) is 5.69 Å². The number of anilines is 1. The first-order chi connectivity index (χ1) is 11.6. The lowest BCUT2D eigenvalue weighted by atomic mass is 10.2. The monoisotopic (exact) mass is 332 g/mol. The van der Waals surface area contributed by atoms with Crippen LogP contribution in [0.25, 0.3) is 0 Å². The molecule has 2 unspecified atom stereocenters. The minimum atomic E-state index is -0.705. The molecule has 2 aromatic rings. The van der Waals surface area contributed by atoms with Crippen molar-refractivity contribution >= 4 is 17.5 Å². The van der Waals surface area contributed by atoms with Gasteiger partial charge in [-0.05, 0) is 31.9 Å². The van der Waals surface area contributed by atoms with Crippen molar-refractivity contribution in [1.82, 2.24) is 15.1 Å². The Morgan fingerprint density at radius 2 is 2.38 bits per heavy atom. The van der Waals surface area contributed by atoms with Crippen LogP contribution in [0.2, 0.25) is 0 Å². The number of furan rings is 1. The minimum Gasteiger partial charge on any atom is -0.459 e. The van der Waals surface area contributed by atoms with Crippen LogP contribution in [-0.4, -0.2) is 40.3 Å². The molecule has 8 heteroatoms. The SMILES string of the molecule is CC(NC(=O)c1ccco1)C(=O)Nc1cnn(CC2CCCO2)c1. The van der Waals surface area contributed by atoms with E-state index in [-0.39, 0.29) is 17.8 Å². The van der Waals surface area contributed by atoms with Crippen molar-refractivity contribution in [1.29, 1.82) is 0 Å². The third-order valence-electron chi connectivity index (χ3n) is 3.80. The van der Waals surface area contributed by atoms with Gasteiger partial charge in [-0.1, -0.05) is 0 Å². The summed E-state index contributed by atoms with van der Waals surface area (Å²) in [6, 6.07) is 2.45. The number of hydrogen-bond donors (Lipinski definition) is 2. The fourth-order valence-electron chi connectivity index (χ4n) is 2.52. The maximum atomic E-state index is 12.2. The molecule has 2 aromatic heterocycles. The minimum absolute atomic E-state index is 0.166. The number of carbonyl (C=O) groups is 2. The normalized spacial score (nSPS) is 18.3. The van der Waals surface area contributed by atoms with Gasteiger partial charge in [0.15, 0.2) is 5.76 Å². The molecule has 24 heavy (non-hydrogen) atoms. The molecular formula is C16H20N4O4. The van der Waals surface area contributed by atoms with E-state index in [0.717, 1.165) is 19.4 Å². The highest BCUT2D eigenvalue weighted by atomic mass is 16.5. The summed E-state index contributed by atoms with van der Waals surface area (Å²) in [5.74, 6) is -0.595. The van der Waals surface area contributed by atoms with E-state index >= 15 is 0 Å². The molecule has 0 saturated carbocycles. The van der Waals surface area contributed by atoms with Crippen molar-refractivity contribution in [2.75, 3.05) is 11.9 Å². The Hall–Kier alpha value is -2.61. The standard InChI is InChI=1S/C16H20N4O4/c1-11(18-16(22)14-5-3-7-24-14)15(21)19-12-8-17-20(9-12)10-13-4-2-6-23-13/h3,5,7-9,11,13H,2,4,6,10H2,1H3,(H,18,22)(H,19,21). The predicted molar refractivity (Wildman–Crippen MR) is 85.5 cm³/mol. The molecule has 1 aliphatic rings. The summed E-state index contributed by atoms with van der Waals surface area (Å²) in [5.41, 5.74) is 0.581. The van der Waals surface area contributed by atoms with Gasteiger partial charge in [-0.2, -0.15) is 5.10 Å². The van der Waals surface area contributed by atoms with E-state index in [1.54, 1.807) is 30.1 Å². The maximum absolute atomic E-state index is 12.2. The molecular weight excluding hydrogens is 312 g/mol. The number of hydrogen-bond acceptors (Lipinski definition) is 5. The fraction of sp³-hybridized carbons (Fsp3) is 0.438. The van der Waals surface area contributed by atoms with Crippen LogP contribution in [0, 0.1) is 0 Å². The number of nitrogens with zero attached hydrogens (tertiary/aromatic N) is 2. The number of aromatic nitrogens is 2. The summed E-state index contributed by atoms with van der Waals surface area (Å²) < 4.78 is 12.3. The Morgan fingerprint density at radius 3 is 3.08 bits per heavy atom. The first-order valence-corrected chi connectivity index (χ1v) is 7.91. The second kappa shape index (κ2) is 7.31. The van der Waals surface area contributed by atoms with Crippen molar-refractivity contribution in [3.63, 3.8) is 0 Å². The van der Waals surface area contributed by atoms with Crippen molar-refractivity contribution < 1.29 is 18.7 Å². The zero-order valence-electron chi connectivity index (χ0n) is 13.4. The highest BCUT2D eigenvalue weighted by Crippen LogP contribution is 2.15. The molecule has 2 amide bonds. The Kier molecular flexibility index (Phi) is 4.95. The summed E-state index contributed by atoms with van der Waals surface area (Å²) in [4.78, 5) is 24.0. The van der Waals surface area contributed by atoms with Gasteiger partial charge < -0.3 is 19.8 Å².